The Kier molecular flexibility index (Phi) is 3.90. The molecule has 1 aliphatic rings. The Morgan fingerprint density at radius 3 is 3.10 bits per heavy atom. The molecule has 0 aliphatic carbocycles. The maximum Gasteiger partial charge on any atom is 0.238 e. The van der Waals surface area contributed by atoms with Crippen molar-refractivity contribution in [2.75, 3.05) is 24.1 Å². The van der Waals surface area contributed by atoms with Crippen LogP contribution in [0.15, 0.2) is 24.3 Å². The van der Waals surface area contributed by atoms with Crippen LogP contribution in [-0.2, 0) is 17.8 Å². The van der Waals surface area contributed by atoms with E-state index in [-0.39, 0.29) is 5.91 Å². The zero-order valence-electron chi connectivity index (χ0n) is 11.9. The summed E-state index contributed by atoms with van der Waals surface area (Å²) in [5, 5.41) is 3.59. The molecule has 0 saturated heterocycles. The lowest BCUT2D eigenvalue weighted by atomic mass is 10.1. The number of amides is 1. The number of carbonyl (C=O) groups excluding carboxylic acids is 1. The molecule has 6 heteroatoms. The van der Waals surface area contributed by atoms with Crippen molar-refractivity contribution in [3.8, 4) is 0 Å². The summed E-state index contributed by atoms with van der Waals surface area (Å²) >= 11 is 1.52. The molecule has 110 valence electrons. The quantitative estimate of drug-likeness (QED) is 0.910. The number of nitrogens with two attached hydrogens (primary N) is 1. The van der Waals surface area contributed by atoms with Crippen molar-refractivity contribution in [1.82, 2.24) is 9.88 Å². The minimum atomic E-state index is 0.0187. The van der Waals surface area contributed by atoms with E-state index in [4.69, 9.17) is 5.73 Å². The maximum atomic E-state index is 12.2. The van der Waals surface area contributed by atoms with Crippen molar-refractivity contribution in [2.45, 2.75) is 19.9 Å². The van der Waals surface area contributed by atoms with Crippen molar-refractivity contribution in [1.29, 1.82) is 0 Å². The van der Waals surface area contributed by atoms with Gasteiger partial charge in [0.15, 0.2) is 5.13 Å². The Bertz CT molecular complexity index is 667. The molecule has 0 atom stereocenters. The van der Waals surface area contributed by atoms with Gasteiger partial charge in [0.2, 0.25) is 5.91 Å². The van der Waals surface area contributed by atoms with Crippen molar-refractivity contribution >= 4 is 28.1 Å². The fourth-order valence-corrected chi connectivity index (χ4v) is 3.43. The van der Waals surface area contributed by atoms with Gasteiger partial charge in [-0.3, -0.25) is 9.69 Å². The Hall–Kier alpha value is -1.92. The number of fused-ring (bicyclic) bond motifs is 1. The van der Waals surface area contributed by atoms with Gasteiger partial charge in [0, 0.05) is 30.1 Å². The van der Waals surface area contributed by atoms with E-state index >= 15 is 0 Å². The first kappa shape index (κ1) is 14.0. The summed E-state index contributed by atoms with van der Waals surface area (Å²) in [6.07, 6.45) is 0.862. The number of hydrogen-bond donors (Lipinski definition) is 2. The maximum absolute atomic E-state index is 12.2. The first-order valence-electron chi connectivity index (χ1n) is 6.93. The molecule has 1 aromatic heterocycles. The van der Waals surface area contributed by atoms with Crippen LogP contribution in [0.25, 0.3) is 0 Å². The lowest BCUT2D eigenvalue weighted by Crippen LogP contribution is -2.36. The van der Waals surface area contributed by atoms with E-state index in [0.29, 0.717) is 11.7 Å². The second-order valence-electron chi connectivity index (χ2n) is 5.25. The molecule has 1 aromatic carbocycles. The second kappa shape index (κ2) is 5.83. The van der Waals surface area contributed by atoms with Crippen LogP contribution < -0.4 is 11.1 Å². The topological polar surface area (TPSA) is 71.2 Å². The Morgan fingerprint density at radius 2 is 2.29 bits per heavy atom. The molecule has 2 aromatic rings. The molecular formula is C15H18N4OS. The number of carbonyl (C=O) groups is 1. The van der Waals surface area contributed by atoms with Gasteiger partial charge in [0.05, 0.1) is 12.2 Å². The number of nitrogen functional groups attached to an aromatic ring is 1. The van der Waals surface area contributed by atoms with Crippen LogP contribution in [0, 0.1) is 6.92 Å². The van der Waals surface area contributed by atoms with Crippen molar-refractivity contribution in [3.63, 3.8) is 0 Å². The van der Waals surface area contributed by atoms with Gasteiger partial charge in [0.1, 0.15) is 0 Å². The van der Waals surface area contributed by atoms with Crippen LogP contribution in [0.5, 0.6) is 0 Å². The minimum absolute atomic E-state index is 0.0187. The summed E-state index contributed by atoms with van der Waals surface area (Å²) in [5.74, 6) is 0.0187. The van der Waals surface area contributed by atoms with Gasteiger partial charge < -0.3 is 11.1 Å². The van der Waals surface area contributed by atoms with E-state index in [1.807, 2.05) is 31.2 Å². The van der Waals surface area contributed by atoms with Gasteiger partial charge in [-0.1, -0.05) is 18.2 Å². The number of nitrogens with zero attached hydrogens (tertiary/aromatic N) is 2. The third kappa shape index (κ3) is 3.22. The minimum Gasteiger partial charge on any atom is -0.375 e. The molecule has 1 aliphatic heterocycles. The molecule has 0 saturated carbocycles. The molecule has 0 spiro atoms. The van der Waals surface area contributed by atoms with Crippen molar-refractivity contribution in [2.24, 2.45) is 0 Å². The molecule has 0 radical (unpaired) electrons. The predicted octanol–water partition coefficient (Wildman–Crippen LogP) is 2.03. The third-order valence-corrected chi connectivity index (χ3v) is 4.52. The van der Waals surface area contributed by atoms with E-state index in [1.165, 1.54) is 16.2 Å². The summed E-state index contributed by atoms with van der Waals surface area (Å²) in [7, 11) is 0. The van der Waals surface area contributed by atoms with Crippen LogP contribution in [-0.4, -0.2) is 28.9 Å². The Balaban J connectivity index is 1.60. The molecule has 0 bridgehead atoms. The SMILES string of the molecule is Cc1ccccc1NC(=O)CN1CCc2nc(N)sc2C1. The zero-order chi connectivity index (χ0) is 14.8. The first-order valence-corrected chi connectivity index (χ1v) is 7.75. The molecule has 3 N–H and O–H groups in total. The van der Waals surface area contributed by atoms with Crippen LogP contribution in [0.1, 0.15) is 16.1 Å². The fourth-order valence-electron chi connectivity index (χ4n) is 2.51. The fraction of sp³-hybridized carbons (Fsp3) is 0.333. The summed E-state index contributed by atoms with van der Waals surface area (Å²) in [5.41, 5.74) is 8.77. The van der Waals surface area contributed by atoms with Crippen LogP contribution in [0.4, 0.5) is 10.8 Å². The van der Waals surface area contributed by atoms with Crippen molar-refractivity contribution in [3.05, 3.63) is 40.4 Å². The number of aryl methyl sites for hydroxylation is 1. The van der Waals surface area contributed by atoms with Crippen molar-refractivity contribution < 1.29 is 4.79 Å². The molecule has 5 nitrogen and oxygen atoms in total. The van der Waals surface area contributed by atoms with E-state index in [9.17, 15) is 4.79 Å². The van der Waals surface area contributed by atoms with Gasteiger partial charge in [0.25, 0.3) is 0 Å². The number of thiazole rings is 1. The zero-order valence-corrected chi connectivity index (χ0v) is 12.7. The molecule has 2 heterocycles. The third-order valence-electron chi connectivity index (χ3n) is 3.61. The van der Waals surface area contributed by atoms with Crippen LogP contribution in [0.2, 0.25) is 0 Å². The lowest BCUT2D eigenvalue weighted by molar-refractivity contribution is -0.117. The highest BCUT2D eigenvalue weighted by Crippen LogP contribution is 2.26. The largest absolute Gasteiger partial charge is 0.375 e. The first-order chi connectivity index (χ1) is 10.1. The van der Waals surface area contributed by atoms with Crippen LogP contribution in [0.3, 0.4) is 0 Å². The lowest BCUT2D eigenvalue weighted by Gasteiger charge is -2.25. The second-order valence-corrected chi connectivity index (χ2v) is 6.36. The number of anilines is 2. The number of hydrogen-bond acceptors (Lipinski definition) is 5. The van der Waals surface area contributed by atoms with Gasteiger partial charge in [-0.2, -0.15) is 0 Å². The smallest absolute Gasteiger partial charge is 0.238 e. The standard InChI is InChI=1S/C15H18N4OS/c1-10-4-2-3-5-11(10)17-14(20)9-19-7-6-12-13(8-19)21-15(16)18-12/h2-5H,6-9H2,1H3,(H2,16,18)(H,17,20). The molecular weight excluding hydrogens is 284 g/mol. The van der Waals surface area contributed by atoms with Gasteiger partial charge in [-0.05, 0) is 18.6 Å². The molecule has 3 rings (SSSR count). The summed E-state index contributed by atoms with van der Waals surface area (Å²) in [4.78, 5) is 19.8. The summed E-state index contributed by atoms with van der Waals surface area (Å²) in [6, 6.07) is 7.80. The van der Waals surface area contributed by atoms with Gasteiger partial charge in [-0.25, -0.2) is 4.98 Å². The average molecular weight is 302 g/mol. The van der Waals surface area contributed by atoms with E-state index in [1.54, 1.807) is 0 Å². The van der Waals surface area contributed by atoms with Gasteiger partial charge in [-0.15, -0.1) is 11.3 Å². The monoisotopic (exact) mass is 302 g/mol. The number of nitrogens with one attached hydrogen (secondary N) is 1. The predicted molar refractivity (Wildman–Crippen MR) is 85.3 cm³/mol. The average Bonchev–Trinajstić information content (AvgIpc) is 2.80. The van der Waals surface area contributed by atoms with Gasteiger partial charge >= 0.3 is 0 Å². The number of benzene rings is 1. The van der Waals surface area contributed by atoms with E-state index < -0.39 is 0 Å². The highest BCUT2D eigenvalue weighted by Gasteiger charge is 2.21. The number of aromatic nitrogens is 1. The molecule has 0 fully saturated rings. The summed E-state index contributed by atoms with van der Waals surface area (Å²) in [6.45, 7) is 3.98. The highest BCUT2D eigenvalue weighted by molar-refractivity contribution is 7.15. The van der Waals surface area contributed by atoms with Crippen LogP contribution >= 0.6 is 11.3 Å². The molecule has 1 amide bonds. The highest BCUT2D eigenvalue weighted by atomic mass is 32.1. The Labute approximate surface area is 127 Å². The number of para-hydroxylation sites is 1. The molecule has 21 heavy (non-hydrogen) atoms. The van der Waals surface area contributed by atoms with E-state index in [2.05, 4.69) is 15.2 Å². The normalized spacial score (nSPS) is 14.7. The number of rotatable bonds is 3. The Morgan fingerprint density at radius 1 is 1.48 bits per heavy atom. The molecule has 0 unspecified atom stereocenters. The van der Waals surface area contributed by atoms with E-state index in [0.717, 1.165) is 36.5 Å². The summed E-state index contributed by atoms with van der Waals surface area (Å²) < 4.78 is 0.